The van der Waals surface area contributed by atoms with Crippen molar-refractivity contribution in [2.45, 2.75) is 64.8 Å². The highest BCUT2D eigenvalue weighted by Crippen LogP contribution is 2.24. The van der Waals surface area contributed by atoms with Crippen LogP contribution in [0.25, 0.3) is 0 Å². The first-order valence-electron chi connectivity index (χ1n) is 12.0. The van der Waals surface area contributed by atoms with Gasteiger partial charge < -0.3 is 10.6 Å². The molecule has 1 heterocycles. The molecule has 0 spiro atoms. The molecule has 4 amide bonds. The maximum Gasteiger partial charge on any atom is 0.261 e. The number of rotatable bonds is 7. The fourth-order valence-corrected chi connectivity index (χ4v) is 4.68. The minimum absolute atomic E-state index is 0.0796. The molecule has 1 aliphatic carbocycles. The Labute approximate surface area is 199 Å². The van der Waals surface area contributed by atoms with Crippen molar-refractivity contribution in [1.82, 2.24) is 10.2 Å². The van der Waals surface area contributed by atoms with Crippen LogP contribution in [-0.2, 0) is 4.79 Å². The molecule has 7 nitrogen and oxygen atoms in total. The Balaban J connectivity index is 1.27. The molecule has 2 aromatic carbocycles. The molecule has 1 aliphatic heterocycles. The van der Waals surface area contributed by atoms with Crippen LogP contribution in [0.5, 0.6) is 0 Å². The molecular formula is C27H31N3O4. The molecule has 0 unspecified atom stereocenters. The summed E-state index contributed by atoms with van der Waals surface area (Å²) in [6.45, 7) is 3.93. The maximum absolute atomic E-state index is 12.6. The first-order chi connectivity index (χ1) is 16.3. The van der Waals surface area contributed by atoms with Crippen molar-refractivity contribution in [3.05, 3.63) is 64.2 Å². The van der Waals surface area contributed by atoms with Crippen LogP contribution in [0.3, 0.4) is 0 Å². The molecule has 7 heteroatoms. The van der Waals surface area contributed by atoms with Gasteiger partial charge in [-0.3, -0.25) is 24.1 Å². The van der Waals surface area contributed by atoms with Crippen LogP contribution >= 0.6 is 0 Å². The molecule has 4 rings (SSSR count). The van der Waals surface area contributed by atoms with Gasteiger partial charge >= 0.3 is 0 Å². The van der Waals surface area contributed by atoms with E-state index >= 15 is 0 Å². The Morgan fingerprint density at radius 1 is 0.941 bits per heavy atom. The highest BCUT2D eigenvalue weighted by molar-refractivity contribution is 6.21. The molecule has 1 saturated carbocycles. The van der Waals surface area contributed by atoms with Gasteiger partial charge in [0.1, 0.15) is 0 Å². The summed E-state index contributed by atoms with van der Waals surface area (Å²) in [5, 5.41) is 5.98. The molecule has 178 valence electrons. The highest BCUT2D eigenvalue weighted by atomic mass is 16.2. The summed E-state index contributed by atoms with van der Waals surface area (Å²) < 4.78 is 0. The van der Waals surface area contributed by atoms with Gasteiger partial charge in [0.15, 0.2) is 0 Å². The largest absolute Gasteiger partial charge is 0.349 e. The van der Waals surface area contributed by atoms with Crippen molar-refractivity contribution in [3.8, 4) is 0 Å². The predicted octanol–water partition coefficient (Wildman–Crippen LogP) is 4.38. The highest BCUT2D eigenvalue weighted by Gasteiger charge is 2.35. The van der Waals surface area contributed by atoms with E-state index in [2.05, 4.69) is 10.6 Å². The third kappa shape index (κ3) is 5.19. The Morgan fingerprint density at radius 3 is 2.41 bits per heavy atom. The van der Waals surface area contributed by atoms with E-state index in [4.69, 9.17) is 0 Å². The summed E-state index contributed by atoms with van der Waals surface area (Å²) in [7, 11) is 0. The first-order valence-corrected chi connectivity index (χ1v) is 12.0. The zero-order valence-corrected chi connectivity index (χ0v) is 19.8. The number of hydrogen-bond donors (Lipinski definition) is 2. The smallest absolute Gasteiger partial charge is 0.261 e. The lowest BCUT2D eigenvalue weighted by molar-refractivity contribution is -0.116. The lowest BCUT2D eigenvalue weighted by atomic mass is 9.95. The summed E-state index contributed by atoms with van der Waals surface area (Å²) in [6, 6.07) is 10.7. The lowest BCUT2D eigenvalue weighted by Crippen LogP contribution is -2.36. The quantitative estimate of drug-likeness (QED) is 0.598. The number of aryl methyl sites for hydroxylation is 2. The van der Waals surface area contributed by atoms with Crippen molar-refractivity contribution in [3.63, 3.8) is 0 Å². The average molecular weight is 462 g/mol. The van der Waals surface area contributed by atoms with Gasteiger partial charge in [0.2, 0.25) is 5.91 Å². The lowest BCUT2D eigenvalue weighted by Gasteiger charge is -2.23. The van der Waals surface area contributed by atoms with Gasteiger partial charge in [-0.1, -0.05) is 30.9 Å². The summed E-state index contributed by atoms with van der Waals surface area (Å²) in [5.74, 6) is -0.889. The van der Waals surface area contributed by atoms with E-state index in [1.54, 1.807) is 30.3 Å². The molecule has 34 heavy (non-hydrogen) atoms. The normalized spacial score (nSPS) is 15.9. The number of carbonyl (C=O) groups excluding carboxylic acids is 4. The van der Waals surface area contributed by atoms with Crippen molar-refractivity contribution >= 4 is 29.3 Å². The van der Waals surface area contributed by atoms with E-state index in [9.17, 15) is 19.2 Å². The topological polar surface area (TPSA) is 95.6 Å². The van der Waals surface area contributed by atoms with Crippen molar-refractivity contribution in [1.29, 1.82) is 0 Å². The van der Waals surface area contributed by atoms with E-state index < -0.39 is 0 Å². The first kappa shape index (κ1) is 23.7. The van der Waals surface area contributed by atoms with Gasteiger partial charge in [0, 0.05) is 30.3 Å². The Morgan fingerprint density at radius 2 is 1.68 bits per heavy atom. The maximum atomic E-state index is 12.6. The van der Waals surface area contributed by atoms with Gasteiger partial charge in [-0.05, 0) is 69.0 Å². The number of carbonyl (C=O) groups is 4. The Hall–Kier alpha value is -3.48. The van der Waals surface area contributed by atoms with E-state index in [1.807, 2.05) is 19.9 Å². The summed E-state index contributed by atoms with van der Waals surface area (Å²) in [5.41, 5.74) is 3.81. The zero-order chi connectivity index (χ0) is 24.2. The number of benzene rings is 2. The molecule has 2 aromatic rings. The SMILES string of the molecule is Cc1ccc2c(c1)C(=O)N(CCCC(=O)Nc1ccc(C(=O)NC3CCCCC3)cc1C)C2=O. The second-order valence-electron chi connectivity index (χ2n) is 9.30. The molecule has 2 aliphatic rings. The van der Waals surface area contributed by atoms with Gasteiger partial charge in [0.05, 0.1) is 11.1 Å². The number of hydrogen-bond acceptors (Lipinski definition) is 4. The predicted molar refractivity (Wildman–Crippen MR) is 130 cm³/mol. The average Bonchev–Trinajstić information content (AvgIpc) is 3.05. The monoisotopic (exact) mass is 461 g/mol. The van der Waals surface area contributed by atoms with Crippen molar-refractivity contribution in [2.24, 2.45) is 0 Å². The Kier molecular flexibility index (Phi) is 7.10. The van der Waals surface area contributed by atoms with E-state index in [-0.39, 0.29) is 42.6 Å². The molecule has 0 saturated heterocycles. The number of imide groups is 1. The van der Waals surface area contributed by atoms with Crippen LogP contribution in [0.1, 0.15) is 87.1 Å². The van der Waals surface area contributed by atoms with Gasteiger partial charge in [-0.15, -0.1) is 0 Å². The van der Waals surface area contributed by atoms with Crippen LogP contribution in [0, 0.1) is 13.8 Å². The Bertz CT molecular complexity index is 1130. The second-order valence-corrected chi connectivity index (χ2v) is 9.30. The summed E-state index contributed by atoms with van der Waals surface area (Å²) in [6.07, 6.45) is 6.15. The van der Waals surface area contributed by atoms with Gasteiger partial charge in [0.25, 0.3) is 17.7 Å². The molecule has 0 bridgehead atoms. The molecule has 0 aromatic heterocycles. The zero-order valence-electron chi connectivity index (χ0n) is 19.8. The minimum Gasteiger partial charge on any atom is -0.349 e. The third-order valence-electron chi connectivity index (χ3n) is 6.61. The fourth-order valence-electron chi connectivity index (χ4n) is 4.68. The number of fused-ring (bicyclic) bond motifs is 1. The molecular weight excluding hydrogens is 430 g/mol. The van der Waals surface area contributed by atoms with E-state index in [0.717, 1.165) is 36.8 Å². The van der Waals surface area contributed by atoms with E-state index in [0.29, 0.717) is 28.8 Å². The van der Waals surface area contributed by atoms with Gasteiger partial charge in [-0.25, -0.2) is 0 Å². The van der Waals surface area contributed by atoms with Gasteiger partial charge in [-0.2, -0.15) is 0 Å². The number of amides is 4. The molecule has 1 fully saturated rings. The van der Waals surface area contributed by atoms with Crippen molar-refractivity contribution < 1.29 is 19.2 Å². The second kappa shape index (κ2) is 10.2. The third-order valence-corrected chi connectivity index (χ3v) is 6.61. The standard InChI is InChI=1S/C27H31N3O4/c1-17-10-12-21-22(15-17)27(34)30(26(21)33)14-6-9-24(31)29-23-13-11-19(16-18(23)2)25(32)28-20-7-4-3-5-8-20/h10-13,15-16,20H,3-9,14H2,1-2H3,(H,28,32)(H,29,31). The van der Waals surface area contributed by atoms with E-state index in [1.165, 1.54) is 11.3 Å². The van der Waals surface area contributed by atoms with Crippen LogP contribution in [0.2, 0.25) is 0 Å². The molecule has 0 radical (unpaired) electrons. The fraction of sp³-hybridized carbons (Fsp3) is 0.407. The number of nitrogens with one attached hydrogen (secondary N) is 2. The summed E-state index contributed by atoms with van der Waals surface area (Å²) in [4.78, 5) is 51.3. The molecule has 2 N–H and O–H groups in total. The summed E-state index contributed by atoms with van der Waals surface area (Å²) >= 11 is 0. The van der Waals surface area contributed by atoms with Crippen molar-refractivity contribution in [2.75, 3.05) is 11.9 Å². The number of anilines is 1. The van der Waals surface area contributed by atoms with Crippen LogP contribution < -0.4 is 10.6 Å². The number of nitrogens with zero attached hydrogens (tertiary/aromatic N) is 1. The van der Waals surface area contributed by atoms with Crippen LogP contribution in [-0.4, -0.2) is 41.1 Å². The molecule has 0 atom stereocenters. The minimum atomic E-state index is -0.307. The van der Waals surface area contributed by atoms with Crippen LogP contribution in [0.15, 0.2) is 36.4 Å². The van der Waals surface area contributed by atoms with Crippen LogP contribution in [0.4, 0.5) is 5.69 Å².